The largest absolute Gasteiger partial charge is 0.433 e. The van der Waals surface area contributed by atoms with Gasteiger partial charge < -0.3 is 9.73 Å². The summed E-state index contributed by atoms with van der Waals surface area (Å²) >= 11 is 2.20. The van der Waals surface area contributed by atoms with Gasteiger partial charge in [-0.25, -0.2) is 0 Å². The van der Waals surface area contributed by atoms with Crippen LogP contribution in [0.4, 0.5) is 5.88 Å². The molecule has 0 saturated carbocycles. The Morgan fingerprint density at radius 1 is 1.60 bits per heavy atom. The van der Waals surface area contributed by atoms with Gasteiger partial charge in [0.25, 0.3) is 5.91 Å². The lowest BCUT2D eigenvalue weighted by atomic mass is 10.4. The van der Waals surface area contributed by atoms with Crippen molar-refractivity contribution in [2.45, 2.75) is 6.42 Å². The highest BCUT2D eigenvalue weighted by atomic mass is 127. The monoisotopic (exact) mass is 324 g/mol. The van der Waals surface area contributed by atoms with E-state index in [-0.39, 0.29) is 5.76 Å². The van der Waals surface area contributed by atoms with Gasteiger partial charge in [-0.05, 0) is 12.5 Å². The molecule has 1 aromatic rings. The third-order valence-electron chi connectivity index (χ3n) is 1.59. The zero-order valence-corrected chi connectivity index (χ0v) is 9.89. The smallest absolute Gasteiger partial charge is 0.395 e. The maximum Gasteiger partial charge on any atom is 0.433 e. The zero-order valence-electron chi connectivity index (χ0n) is 7.73. The Hall–Kier alpha value is -1.12. The number of hydrogen-bond donors (Lipinski definition) is 1. The lowest BCUT2D eigenvalue weighted by Crippen LogP contribution is -2.24. The van der Waals surface area contributed by atoms with Gasteiger partial charge in [0.05, 0.1) is 6.07 Å². The summed E-state index contributed by atoms with van der Waals surface area (Å²) in [7, 11) is 0. The highest BCUT2D eigenvalue weighted by Gasteiger charge is 2.16. The summed E-state index contributed by atoms with van der Waals surface area (Å²) in [4.78, 5) is 20.9. The number of nitrogens with zero attached hydrogens (tertiary/aromatic N) is 1. The van der Waals surface area contributed by atoms with Crippen molar-refractivity contribution in [3.8, 4) is 0 Å². The number of nitro groups is 1. The van der Waals surface area contributed by atoms with Crippen molar-refractivity contribution >= 4 is 34.4 Å². The number of alkyl halides is 1. The molecule has 1 aromatic heterocycles. The maximum atomic E-state index is 11.3. The normalized spacial score (nSPS) is 9.93. The summed E-state index contributed by atoms with van der Waals surface area (Å²) in [6.45, 7) is 0.538. The Morgan fingerprint density at radius 3 is 2.87 bits per heavy atom. The standard InChI is InChI=1S/C8H9IN2O4/c9-4-1-5-10-8(12)6-2-3-7(15-6)11(13)14/h2-3H,1,4-5H2,(H,10,12). The molecule has 1 rings (SSSR count). The van der Waals surface area contributed by atoms with Crippen LogP contribution in [0.1, 0.15) is 17.0 Å². The molecule has 0 radical (unpaired) electrons. The van der Waals surface area contributed by atoms with Crippen LogP contribution >= 0.6 is 22.6 Å². The fourth-order valence-corrected chi connectivity index (χ4v) is 1.29. The number of halogens is 1. The molecule has 0 fully saturated rings. The first kappa shape index (κ1) is 12.0. The SMILES string of the molecule is O=C(NCCCI)c1ccc([N+](=O)[O-])o1. The number of nitrogens with one attached hydrogen (secondary N) is 1. The van der Waals surface area contributed by atoms with E-state index < -0.39 is 16.7 Å². The third-order valence-corrected chi connectivity index (χ3v) is 2.35. The van der Waals surface area contributed by atoms with Crippen LogP contribution in [-0.2, 0) is 0 Å². The molecule has 0 spiro atoms. The molecule has 0 aromatic carbocycles. The van der Waals surface area contributed by atoms with E-state index in [4.69, 9.17) is 4.42 Å². The second-order valence-electron chi connectivity index (χ2n) is 2.69. The van der Waals surface area contributed by atoms with Crippen molar-refractivity contribution in [3.05, 3.63) is 28.0 Å². The van der Waals surface area contributed by atoms with Crippen LogP contribution in [0.2, 0.25) is 0 Å². The minimum atomic E-state index is -0.679. The van der Waals surface area contributed by atoms with Gasteiger partial charge in [0.2, 0.25) is 0 Å². The highest BCUT2D eigenvalue weighted by Crippen LogP contribution is 2.15. The number of carbonyl (C=O) groups is 1. The highest BCUT2D eigenvalue weighted by molar-refractivity contribution is 14.1. The van der Waals surface area contributed by atoms with Crippen LogP contribution in [0.25, 0.3) is 0 Å². The number of hydrogen-bond acceptors (Lipinski definition) is 4. The Balaban J connectivity index is 2.54. The Kier molecular flexibility index (Phi) is 4.53. The Morgan fingerprint density at radius 2 is 2.33 bits per heavy atom. The molecule has 0 aliphatic carbocycles. The van der Waals surface area contributed by atoms with Crippen LogP contribution in [0.15, 0.2) is 16.5 Å². The van der Waals surface area contributed by atoms with Gasteiger partial charge in [-0.15, -0.1) is 0 Å². The van der Waals surface area contributed by atoms with E-state index in [1.807, 2.05) is 0 Å². The molecule has 0 unspecified atom stereocenters. The summed E-state index contributed by atoms with van der Waals surface area (Å²) < 4.78 is 5.67. The summed E-state index contributed by atoms with van der Waals surface area (Å²) in [5.74, 6) is -0.878. The van der Waals surface area contributed by atoms with E-state index in [2.05, 4.69) is 27.9 Å². The molecule has 82 valence electrons. The van der Waals surface area contributed by atoms with E-state index in [0.29, 0.717) is 6.54 Å². The van der Waals surface area contributed by atoms with E-state index in [1.165, 1.54) is 6.07 Å². The summed E-state index contributed by atoms with van der Waals surface area (Å²) in [6, 6.07) is 2.45. The zero-order chi connectivity index (χ0) is 11.3. The Labute approximate surface area is 99.3 Å². The predicted molar refractivity (Wildman–Crippen MR) is 61.2 cm³/mol. The average Bonchev–Trinajstić information content (AvgIpc) is 2.66. The van der Waals surface area contributed by atoms with Gasteiger partial charge >= 0.3 is 5.88 Å². The summed E-state index contributed by atoms with van der Waals surface area (Å²) in [5, 5.41) is 12.9. The average molecular weight is 324 g/mol. The fraction of sp³-hybridized carbons (Fsp3) is 0.375. The van der Waals surface area contributed by atoms with E-state index >= 15 is 0 Å². The van der Waals surface area contributed by atoms with Crippen LogP contribution < -0.4 is 5.32 Å². The molecule has 0 aliphatic rings. The van der Waals surface area contributed by atoms with Crippen molar-refractivity contribution in [2.24, 2.45) is 0 Å². The summed E-state index contributed by atoms with van der Waals surface area (Å²) in [5.41, 5.74) is 0. The minimum Gasteiger partial charge on any atom is -0.395 e. The molecule has 1 N–H and O–H groups in total. The quantitative estimate of drug-likeness (QED) is 0.294. The van der Waals surface area contributed by atoms with E-state index in [9.17, 15) is 14.9 Å². The molecule has 6 nitrogen and oxygen atoms in total. The molecule has 0 aliphatic heterocycles. The third kappa shape index (κ3) is 3.50. The van der Waals surface area contributed by atoms with Crippen molar-refractivity contribution < 1.29 is 14.1 Å². The molecular weight excluding hydrogens is 315 g/mol. The van der Waals surface area contributed by atoms with E-state index in [1.54, 1.807) is 0 Å². The lowest BCUT2D eigenvalue weighted by molar-refractivity contribution is -0.402. The van der Waals surface area contributed by atoms with E-state index in [0.717, 1.165) is 16.9 Å². The fourth-order valence-electron chi connectivity index (χ4n) is 0.904. The number of amides is 1. The molecule has 1 heterocycles. The molecule has 7 heteroatoms. The molecular formula is C8H9IN2O4. The first-order valence-corrected chi connectivity index (χ1v) is 5.76. The topological polar surface area (TPSA) is 85.4 Å². The molecule has 15 heavy (non-hydrogen) atoms. The summed E-state index contributed by atoms with van der Waals surface area (Å²) in [6.07, 6.45) is 0.856. The lowest BCUT2D eigenvalue weighted by Gasteiger charge is -1.99. The van der Waals surface area contributed by atoms with Crippen molar-refractivity contribution in [1.29, 1.82) is 0 Å². The van der Waals surface area contributed by atoms with Crippen LogP contribution in [0.3, 0.4) is 0 Å². The maximum absolute atomic E-state index is 11.3. The minimum absolute atomic E-state index is 0.0323. The number of carbonyl (C=O) groups excluding carboxylic acids is 1. The van der Waals surface area contributed by atoms with Gasteiger partial charge in [0.15, 0.2) is 5.76 Å². The molecule has 0 atom stereocenters. The van der Waals surface area contributed by atoms with Crippen molar-refractivity contribution in [3.63, 3.8) is 0 Å². The van der Waals surface area contributed by atoms with Crippen LogP contribution in [0.5, 0.6) is 0 Å². The van der Waals surface area contributed by atoms with Gasteiger partial charge in [-0.1, -0.05) is 22.6 Å². The van der Waals surface area contributed by atoms with Gasteiger partial charge in [0.1, 0.15) is 4.92 Å². The Bertz CT molecular complexity index is 363. The first-order chi connectivity index (χ1) is 7.15. The molecule has 0 bridgehead atoms. The van der Waals surface area contributed by atoms with Gasteiger partial charge in [0, 0.05) is 11.0 Å². The predicted octanol–water partition coefficient (Wildman–Crippen LogP) is 1.74. The number of furan rings is 1. The second kappa shape index (κ2) is 5.69. The first-order valence-electron chi connectivity index (χ1n) is 4.23. The van der Waals surface area contributed by atoms with Crippen LogP contribution in [-0.4, -0.2) is 21.8 Å². The molecule has 0 saturated heterocycles. The van der Waals surface area contributed by atoms with Crippen molar-refractivity contribution in [1.82, 2.24) is 5.32 Å². The second-order valence-corrected chi connectivity index (χ2v) is 3.77. The van der Waals surface area contributed by atoms with Gasteiger partial charge in [-0.2, -0.15) is 0 Å². The van der Waals surface area contributed by atoms with Crippen LogP contribution in [0, 0.1) is 10.1 Å². The number of rotatable bonds is 5. The van der Waals surface area contributed by atoms with Crippen molar-refractivity contribution in [2.75, 3.05) is 11.0 Å². The van der Waals surface area contributed by atoms with Gasteiger partial charge in [-0.3, -0.25) is 14.9 Å². The molecule has 1 amide bonds.